The molecule has 1 aromatic carbocycles. The zero-order valence-corrected chi connectivity index (χ0v) is 21.3. The lowest BCUT2D eigenvalue weighted by Crippen LogP contribution is -2.31. The Bertz CT molecular complexity index is 1300. The van der Waals surface area contributed by atoms with Crippen LogP contribution in [0.2, 0.25) is 0 Å². The number of H-pyrrole nitrogens is 1. The summed E-state index contributed by atoms with van der Waals surface area (Å²) in [7, 11) is 0. The molecule has 36 heavy (non-hydrogen) atoms. The topological polar surface area (TPSA) is 128 Å². The van der Waals surface area contributed by atoms with Gasteiger partial charge >= 0.3 is 11.7 Å². The third-order valence-corrected chi connectivity index (χ3v) is 5.94. The first-order valence-electron chi connectivity index (χ1n) is 12.7. The van der Waals surface area contributed by atoms with Crippen LogP contribution >= 0.6 is 0 Å². The molecule has 0 saturated heterocycles. The van der Waals surface area contributed by atoms with Crippen LogP contribution in [0.15, 0.2) is 33.9 Å². The first kappa shape index (κ1) is 26.9. The molecule has 3 aromatic rings. The molecule has 1 amide bonds. The van der Waals surface area contributed by atoms with E-state index in [2.05, 4.69) is 22.2 Å². The molecular formula is C26H35N5O5. The van der Waals surface area contributed by atoms with E-state index in [1.807, 2.05) is 11.5 Å². The van der Waals surface area contributed by atoms with Gasteiger partial charge in [-0.2, -0.15) is 0 Å². The number of aromatic nitrogens is 4. The number of benzene rings is 1. The quantitative estimate of drug-likeness (QED) is 0.274. The first-order valence-corrected chi connectivity index (χ1v) is 12.7. The van der Waals surface area contributed by atoms with E-state index < -0.39 is 17.2 Å². The van der Waals surface area contributed by atoms with Gasteiger partial charge in [0, 0.05) is 31.6 Å². The van der Waals surface area contributed by atoms with Gasteiger partial charge in [0.2, 0.25) is 5.91 Å². The average molecular weight is 498 g/mol. The highest BCUT2D eigenvalue weighted by Crippen LogP contribution is 2.17. The van der Waals surface area contributed by atoms with Crippen LogP contribution in [-0.4, -0.2) is 37.6 Å². The lowest BCUT2D eigenvalue weighted by atomic mass is 10.2. The number of hydrogen-bond donors (Lipinski definition) is 2. The Hall–Kier alpha value is -3.69. The minimum absolute atomic E-state index is 0.147. The van der Waals surface area contributed by atoms with Crippen LogP contribution in [0.4, 0.5) is 5.69 Å². The number of aryl methyl sites for hydroxylation is 3. The van der Waals surface area contributed by atoms with Crippen molar-refractivity contribution in [2.24, 2.45) is 0 Å². The Morgan fingerprint density at radius 1 is 0.972 bits per heavy atom. The van der Waals surface area contributed by atoms with Gasteiger partial charge in [0.05, 0.1) is 12.2 Å². The minimum atomic E-state index is -0.463. The molecule has 0 aliphatic carbocycles. The standard InChI is InChI=1S/C26H35N5O5/c1-4-7-9-17-30-20(28-23-22(30)24(33)29-26(35)31(23)16-8-5-2)14-15-21(32)27-19-12-10-18(11-13-19)25(34)36-6-3/h10-13H,4-9,14-17H2,1-3H3,(H,27,32)(H,29,33,35). The van der Waals surface area contributed by atoms with Gasteiger partial charge in [0.1, 0.15) is 5.82 Å². The molecule has 2 aromatic heterocycles. The van der Waals surface area contributed by atoms with E-state index in [0.29, 0.717) is 54.4 Å². The molecule has 0 spiro atoms. The number of carbonyl (C=O) groups is 2. The molecular weight excluding hydrogens is 462 g/mol. The van der Waals surface area contributed by atoms with Crippen molar-refractivity contribution >= 4 is 28.7 Å². The molecule has 10 heteroatoms. The Morgan fingerprint density at radius 3 is 2.33 bits per heavy atom. The molecule has 3 rings (SSSR count). The zero-order valence-electron chi connectivity index (χ0n) is 21.3. The summed E-state index contributed by atoms with van der Waals surface area (Å²) in [5, 5.41) is 2.82. The lowest BCUT2D eigenvalue weighted by Gasteiger charge is -2.09. The number of carbonyl (C=O) groups excluding carboxylic acids is 2. The minimum Gasteiger partial charge on any atom is -0.462 e. The molecule has 0 aliphatic heterocycles. The largest absolute Gasteiger partial charge is 0.462 e. The predicted octanol–water partition coefficient (Wildman–Crippen LogP) is 3.62. The number of nitrogens with one attached hydrogen (secondary N) is 2. The fourth-order valence-electron chi connectivity index (χ4n) is 4.05. The van der Waals surface area contributed by atoms with Gasteiger partial charge in [0.25, 0.3) is 5.56 Å². The number of fused-ring (bicyclic) bond motifs is 1. The monoisotopic (exact) mass is 497 g/mol. The Morgan fingerprint density at radius 2 is 1.67 bits per heavy atom. The molecule has 2 N–H and O–H groups in total. The van der Waals surface area contributed by atoms with Gasteiger partial charge in [0.15, 0.2) is 11.2 Å². The van der Waals surface area contributed by atoms with Gasteiger partial charge < -0.3 is 14.6 Å². The third kappa shape index (κ3) is 6.50. The van der Waals surface area contributed by atoms with Gasteiger partial charge in [-0.3, -0.25) is 19.1 Å². The van der Waals surface area contributed by atoms with Crippen LogP contribution in [0, 0.1) is 0 Å². The summed E-state index contributed by atoms with van der Waals surface area (Å²) in [5.74, 6) is -0.0247. The van der Waals surface area contributed by atoms with Crippen LogP contribution in [0.3, 0.4) is 0 Å². The number of amides is 1. The van der Waals surface area contributed by atoms with Crippen LogP contribution in [0.5, 0.6) is 0 Å². The molecule has 194 valence electrons. The highest BCUT2D eigenvalue weighted by Gasteiger charge is 2.19. The average Bonchev–Trinajstić information content (AvgIpc) is 3.22. The second kappa shape index (κ2) is 12.9. The third-order valence-electron chi connectivity index (χ3n) is 5.94. The van der Waals surface area contributed by atoms with Crippen LogP contribution in [0.1, 0.15) is 75.5 Å². The second-order valence-electron chi connectivity index (χ2n) is 8.67. The van der Waals surface area contributed by atoms with Crippen molar-refractivity contribution in [1.29, 1.82) is 0 Å². The Kier molecular flexibility index (Phi) is 9.61. The summed E-state index contributed by atoms with van der Waals surface area (Å²) in [6.07, 6.45) is 5.03. The van der Waals surface area contributed by atoms with Crippen molar-refractivity contribution in [2.75, 3.05) is 11.9 Å². The van der Waals surface area contributed by atoms with Gasteiger partial charge in [-0.25, -0.2) is 14.6 Å². The number of unbranched alkanes of at least 4 members (excludes halogenated alkanes) is 3. The number of nitrogens with zero attached hydrogens (tertiary/aromatic N) is 3. The smallest absolute Gasteiger partial charge is 0.338 e. The Balaban J connectivity index is 1.81. The molecule has 0 unspecified atom stereocenters. The van der Waals surface area contributed by atoms with E-state index in [1.54, 1.807) is 31.2 Å². The van der Waals surface area contributed by atoms with E-state index in [9.17, 15) is 19.2 Å². The number of rotatable bonds is 13. The lowest BCUT2D eigenvalue weighted by molar-refractivity contribution is -0.116. The maximum Gasteiger partial charge on any atom is 0.338 e. The van der Waals surface area contributed by atoms with Crippen LogP contribution in [-0.2, 0) is 29.0 Å². The number of esters is 1. The summed E-state index contributed by atoms with van der Waals surface area (Å²) in [5.41, 5.74) is 0.814. The maximum absolute atomic E-state index is 12.7. The van der Waals surface area contributed by atoms with E-state index in [1.165, 1.54) is 4.57 Å². The van der Waals surface area contributed by atoms with Gasteiger partial charge in [-0.15, -0.1) is 0 Å². The molecule has 10 nitrogen and oxygen atoms in total. The van der Waals surface area contributed by atoms with E-state index in [4.69, 9.17) is 4.74 Å². The highest BCUT2D eigenvalue weighted by molar-refractivity contribution is 5.93. The van der Waals surface area contributed by atoms with Gasteiger partial charge in [-0.1, -0.05) is 33.1 Å². The Labute approximate surface area is 209 Å². The number of anilines is 1. The second-order valence-corrected chi connectivity index (χ2v) is 8.67. The molecule has 0 atom stereocenters. The summed E-state index contributed by atoms with van der Waals surface area (Å²) in [6, 6.07) is 6.50. The molecule has 0 saturated carbocycles. The van der Waals surface area contributed by atoms with Crippen molar-refractivity contribution < 1.29 is 14.3 Å². The number of imidazole rings is 1. The SMILES string of the molecule is CCCCCn1c(CCC(=O)Nc2ccc(C(=O)OCC)cc2)nc2c1c(=O)[nH]c(=O)n2CCCC. The first-order chi connectivity index (χ1) is 17.4. The molecule has 0 radical (unpaired) electrons. The molecule has 0 fully saturated rings. The predicted molar refractivity (Wildman–Crippen MR) is 138 cm³/mol. The number of ether oxygens (including phenoxy) is 1. The zero-order chi connectivity index (χ0) is 26.1. The van der Waals surface area contributed by atoms with Crippen molar-refractivity contribution in [3.63, 3.8) is 0 Å². The van der Waals surface area contributed by atoms with Gasteiger partial charge in [-0.05, 0) is 44.0 Å². The normalized spacial score (nSPS) is 11.1. The molecule has 0 aliphatic rings. The van der Waals surface area contributed by atoms with Crippen molar-refractivity contribution in [3.05, 3.63) is 56.5 Å². The van der Waals surface area contributed by atoms with Crippen molar-refractivity contribution in [1.82, 2.24) is 19.1 Å². The van der Waals surface area contributed by atoms with E-state index in [-0.39, 0.29) is 12.3 Å². The fourth-order valence-corrected chi connectivity index (χ4v) is 4.05. The van der Waals surface area contributed by atoms with E-state index >= 15 is 0 Å². The van der Waals surface area contributed by atoms with Crippen molar-refractivity contribution in [3.8, 4) is 0 Å². The molecule has 2 heterocycles. The molecule has 0 bridgehead atoms. The summed E-state index contributed by atoms with van der Waals surface area (Å²) >= 11 is 0. The van der Waals surface area contributed by atoms with Crippen LogP contribution < -0.4 is 16.6 Å². The number of hydrogen-bond acceptors (Lipinski definition) is 6. The summed E-state index contributed by atoms with van der Waals surface area (Å²) in [6.45, 7) is 7.23. The van der Waals surface area contributed by atoms with E-state index in [0.717, 1.165) is 32.1 Å². The highest BCUT2D eigenvalue weighted by atomic mass is 16.5. The summed E-state index contributed by atoms with van der Waals surface area (Å²) < 4.78 is 8.35. The number of aromatic amines is 1. The summed E-state index contributed by atoms with van der Waals surface area (Å²) in [4.78, 5) is 56.8. The van der Waals surface area contributed by atoms with Crippen LogP contribution in [0.25, 0.3) is 11.2 Å². The fraction of sp³-hybridized carbons (Fsp3) is 0.500. The maximum atomic E-state index is 12.7. The van der Waals surface area contributed by atoms with Crippen molar-refractivity contribution in [2.45, 2.75) is 78.8 Å².